The van der Waals surface area contributed by atoms with Gasteiger partial charge in [0.05, 0.1) is 12.0 Å². The Hall–Kier alpha value is -1.27. The molecule has 0 saturated heterocycles. The Bertz CT molecular complexity index is 379. The summed E-state index contributed by atoms with van der Waals surface area (Å²) in [5.41, 5.74) is 0. The Kier molecular flexibility index (Phi) is 3.10. The van der Waals surface area contributed by atoms with Gasteiger partial charge < -0.3 is 4.74 Å². The molecule has 0 radical (unpaired) electrons. The summed E-state index contributed by atoms with van der Waals surface area (Å²) in [5, 5.41) is 0. The quantitative estimate of drug-likeness (QED) is 0.533. The van der Waals surface area contributed by atoms with Crippen molar-refractivity contribution < 1.29 is 9.53 Å². The number of thiophene rings is 1. The second-order valence-electron chi connectivity index (χ2n) is 2.44. The molecule has 0 spiro atoms. The Morgan fingerprint density at radius 2 is 2.31 bits per heavy atom. The van der Waals surface area contributed by atoms with Crippen LogP contribution in [0.25, 0.3) is 0 Å². The lowest BCUT2D eigenvalue weighted by Crippen LogP contribution is -1.90. The molecule has 2 nitrogen and oxygen atoms in total. The van der Waals surface area contributed by atoms with Crippen LogP contribution in [0, 0.1) is 11.8 Å². The van der Waals surface area contributed by atoms with E-state index in [-0.39, 0.29) is 5.78 Å². The molecule has 3 heteroatoms. The first kappa shape index (κ1) is 9.82. The summed E-state index contributed by atoms with van der Waals surface area (Å²) >= 11 is 1.37. The molecular formula is C10H10O2S. The van der Waals surface area contributed by atoms with Gasteiger partial charge in [-0.3, -0.25) is 4.79 Å². The molecule has 0 aromatic carbocycles. The van der Waals surface area contributed by atoms with Crippen LogP contribution in [0.2, 0.25) is 0 Å². The summed E-state index contributed by atoms with van der Waals surface area (Å²) in [7, 11) is 1.55. The molecule has 0 fully saturated rings. The van der Waals surface area contributed by atoms with E-state index in [4.69, 9.17) is 4.74 Å². The molecule has 1 aromatic heterocycles. The average molecular weight is 194 g/mol. The number of rotatable bonds is 2. The van der Waals surface area contributed by atoms with Gasteiger partial charge in [0.1, 0.15) is 10.6 Å². The normalized spacial score (nSPS) is 8.85. The Morgan fingerprint density at radius 1 is 1.62 bits per heavy atom. The van der Waals surface area contributed by atoms with Crippen molar-refractivity contribution in [3.05, 3.63) is 15.8 Å². The Labute approximate surface area is 81.5 Å². The first-order chi connectivity index (χ1) is 6.19. The van der Waals surface area contributed by atoms with E-state index in [1.807, 2.05) is 0 Å². The fourth-order valence-electron chi connectivity index (χ4n) is 0.956. The van der Waals surface area contributed by atoms with Crippen LogP contribution in [0.5, 0.6) is 5.75 Å². The number of methoxy groups -OCH3 is 1. The van der Waals surface area contributed by atoms with Gasteiger partial charge in [-0.25, -0.2) is 0 Å². The predicted octanol–water partition coefficient (Wildman–Crippen LogP) is 2.33. The minimum Gasteiger partial charge on any atom is -0.495 e. The van der Waals surface area contributed by atoms with E-state index in [9.17, 15) is 4.79 Å². The minimum absolute atomic E-state index is 0.0194. The molecule has 68 valence electrons. The van der Waals surface area contributed by atoms with Crippen molar-refractivity contribution in [3.8, 4) is 17.6 Å². The van der Waals surface area contributed by atoms with Crippen molar-refractivity contribution in [3.63, 3.8) is 0 Å². The molecule has 0 aliphatic carbocycles. The van der Waals surface area contributed by atoms with Crippen molar-refractivity contribution >= 4 is 17.1 Å². The van der Waals surface area contributed by atoms with Gasteiger partial charge in [0.25, 0.3) is 0 Å². The molecule has 0 atom stereocenters. The molecule has 0 aliphatic heterocycles. The average Bonchev–Trinajstić information content (AvgIpc) is 2.48. The van der Waals surface area contributed by atoms with E-state index in [1.165, 1.54) is 18.3 Å². The SMILES string of the molecule is CC#Cc1cc(OC)c(C(C)=O)s1. The van der Waals surface area contributed by atoms with Crippen molar-refractivity contribution in [1.29, 1.82) is 0 Å². The monoisotopic (exact) mass is 194 g/mol. The summed E-state index contributed by atoms with van der Waals surface area (Å²) in [4.78, 5) is 12.6. The molecule has 0 N–H and O–H groups in total. The lowest BCUT2D eigenvalue weighted by molar-refractivity contribution is 0.101. The summed E-state index contributed by atoms with van der Waals surface area (Å²) in [5.74, 6) is 6.31. The fraction of sp³-hybridized carbons (Fsp3) is 0.300. The molecule has 0 bridgehead atoms. The second-order valence-corrected chi connectivity index (χ2v) is 3.49. The van der Waals surface area contributed by atoms with Gasteiger partial charge in [-0.05, 0) is 6.92 Å². The van der Waals surface area contributed by atoms with Crippen LogP contribution in [-0.2, 0) is 0 Å². The third-order valence-corrected chi connectivity index (χ3v) is 2.62. The highest BCUT2D eigenvalue weighted by Gasteiger charge is 2.11. The molecule has 0 saturated carbocycles. The van der Waals surface area contributed by atoms with Crippen LogP contribution < -0.4 is 4.74 Å². The van der Waals surface area contributed by atoms with Crippen molar-refractivity contribution in [2.75, 3.05) is 7.11 Å². The smallest absolute Gasteiger partial charge is 0.173 e. The van der Waals surface area contributed by atoms with E-state index < -0.39 is 0 Å². The van der Waals surface area contributed by atoms with E-state index in [1.54, 1.807) is 20.1 Å². The topological polar surface area (TPSA) is 26.3 Å². The molecule has 0 amide bonds. The summed E-state index contributed by atoms with van der Waals surface area (Å²) in [6.45, 7) is 3.29. The van der Waals surface area contributed by atoms with Gasteiger partial charge in [-0.1, -0.05) is 5.92 Å². The highest BCUT2D eigenvalue weighted by atomic mass is 32.1. The van der Waals surface area contributed by atoms with Crippen molar-refractivity contribution in [2.45, 2.75) is 13.8 Å². The van der Waals surface area contributed by atoms with Gasteiger partial charge in [0.15, 0.2) is 5.78 Å². The first-order valence-corrected chi connectivity index (χ1v) is 4.62. The van der Waals surface area contributed by atoms with Gasteiger partial charge >= 0.3 is 0 Å². The van der Waals surface area contributed by atoms with Crippen molar-refractivity contribution in [2.24, 2.45) is 0 Å². The number of carbonyl (C=O) groups is 1. The number of Topliss-reactive ketones (excluding diaryl/α,β-unsaturated/α-hetero) is 1. The zero-order chi connectivity index (χ0) is 9.84. The van der Waals surface area contributed by atoms with E-state index >= 15 is 0 Å². The Balaban J connectivity index is 3.16. The number of ketones is 1. The third-order valence-electron chi connectivity index (χ3n) is 1.49. The molecule has 0 aliphatic rings. The first-order valence-electron chi connectivity index (χ1n) is 3.80. The van der Waals surface area contributed by atoms with Crippen LogP contribution in [0.1, 0.15) is 28.4 Å². The maximum atomic E-state index is 11.1. The maximum absolute atomic E-state index is 11.1. The number of hydrogen-bond donors (Lipinski definition) is 0. The highest BCUT2D eigenvalue weighted by Crippen LogP contribution is 2.28. The van der Waals surface area contributed by atoms with E-state index in [2.05, 4.69) is 11.8 Å². The van der Waals surface area contributed by atoms with Gasteiger partial charge in [0, 0.05) is 13.0 Å². The standard InChI is InChI=1S/C10H10O2S/c1-4-5-8-6-9(12-3)10(13-8)7(2)11/h6H,1-3H3. The maximum Gasteiger partial charge on any atom is 0.173 e. The largest absolute Gasteiger partial charge is 0.495 e. The van der Waals surface area contributed by atoms with Crippen LogP contribution >= 0.6 is 11.3 Å². The Morgan fingerprint density at radius 3 is 2.69 bits per heavy atom. The molecule has 1 heterocycles. The lowest BCUT2D eigenvalue weighted by Gasteiger charge is -1.95. The van der Waals surface area contributed by atoms with Crippen LogP contribution in [0.4, 0.5) is 0 Å². The number of hydrogen-bond acceptors (Lipinski definition) is 3. The van der Waals surface area contributed by atoms with Crippen molar-refractivity contribution in [1.82, 2.24) is 0 Å². The van der Waals surface area contributed by atoms with E-state index in [0.29, 0.717) is 10.6 Å². The fourth-order valence-corrected chi connectivity index (χ4v) is 1.88. The van der Waals surface area contributed by atoms with Gasteiger partial charge in [0.2, 0.25) is 0 Å². The van der Waals surface area contributed by atoms with E-state index in [0.717, 1.165) is 4.88 Å². The summed E-state index contributed by atoms with van der Waals surface area (Å²) < 4.78 is 5.06. The van der Waals surface area contributed by atoms with Gasteiger partial charge in [-0.2, -0.15) is 0 Å². The number of ether oxygens (including phenoxy) is 1. The summed E-state index contributed by atoms with van der Waals surface area (Å²) in [6, 6.07) is 1.79. The minimum atomic E-state index is 0.0194. The molecular weight excluding hydrogens is 184 g/mol. The zero-order valence-corrected chi connectivity index (χ0v) is 8.62. The van der Waals surface area contributed by atoms with Gasteiger partial charge in [-0.15, -0.1) is 17.3 Å². The van der Waals surface area contributed by atoms with Crippen LogP contribution in [0.3, 0.4) is 0 Å². The highest BCUT2D eigenvalue weighted by molar-refractivity contribution is 7.15. The second kappa shape index (κ2) is 4.11. The third kappa shape index (κ3) is 2.10. The molecule has 0 unspecified atom stereocenters. The predicted molar refractivity (Wildman–Crippen MR) is 53.4 cm³/mol. The molecule has 13 heavy (non-hydrogen) atoms. The number of carbonyl (C=O) groups excluding carboxylic acids is 1. The van der Waals surface area contributed by atoms with Crippen LogP contribution in [0.15, 0.2) is 6.07 Å². The summed E-state index contributed by atoms with van der Waals surface area (Å²) in [6.07, 6.45) is 0. The van der Waals surface area contributed by atoms with Crippen LogP contribution in [-0.4, -0.2) is 12.9 Å². The molecule has 1 aromatic rings. The lowest BCUT2D eigenvalue weighted by atomic mass is 10.3. The zero-order valence-electron chi connectivity index (χ0n) is 7.80. The molecule has 1 rings (SSSR count).